The zero-order valence-electron chi connectivity index (χ0n) is 15.9. The summed E-state index contributed by atoms with van der Waals surface area (Å²) in [5.74, 6) is -0.675. The first-order valence-corrected chi connectivity index (χ1v) is 9.65. The van der Waals surface area contributed by atoms with Crippen LogP contribution in [0.15, 0.2) is 48.5 Å². The third-order valence-electron chi connectivity index (χ3n) is 4.90. The molecule has 1 aromatic heterocycles. The van der Waals surface area contributed by atoms with Crippen molar-refractivity contribution in [3.8, 4) is 5.88 Å². The Labute approximate surface area is 172 Å². The number of anilines is 2. The van der Waals surface area contributed by atoms with Crippen LogP contribution in [-0.2, 0) is 0 Å². The molecule has 3 aromatic rings. The summed E-state index contributed by atoms with van der Waals surface area (Å²) in [5, 5.41) is 4.77. The lowest BCUT2D eigenvalue weighted by Crippen LogP contribution is -2.50. The summed E-state index contributed by atoms with van der Waals surface area (Å²) in [6, 6.07) is 13.3. The fraction of sp³-hybridized carbons (Fsp3) is 0.238. The lowest BCUT2D eigenvalue weighted by atomic mass is 10.2. The van der Waals surface area contributed by atoms with E-state index in [0.717, 1.165) is 17.0 Å². The van der Waals surface area contributed by atoms with Gasteiger partial charge in [0.1, 0.15) is 17.3 Å². The third-order valence-corrected chi connectivity index (χ3v) is 5.26. The number of rotatable bonds is 3. The number of fused-ring (bicyclic) bond motifs is 1. The second-order valence-corrected chi connectivity index (χ2v) is 7.16. The van der Waals surface area contributed by atoms with Crippen molar-refractivity contribution < 1.29 is 13.5 Å². The Morgan fingerprint density at radius 1 is 1.03 bits per heavy atom. The molecule has 1 N–H and O–H groups in total. The molecule has 1 aliphatic heterocycles. The first-order chi connectivity index (χ1) is 14.0. The monoisotopic (exact) mass is 414 g/mol. The van der Waals surface area contributed by atoms with Gasteiger partial charge >= 0.3 is 0 Å². The van der Waals surface area contributed by atoms with Crippen LogP contribution in [0.5, 0.6) is 5.88 Å². The van der Waals surface area contributed by atoms with Crippen molar-refractivity contribution >= 4 is 39.6 Å². The van der Waals surface area contributed by atoms with E-state index in [1.54, 1.807) is 7.11 Å². The van der Waals surface area contributed by atoms with E-state index < -0.39 is 11.6 Å². The number of piperazine rings is 1. The zero-order chi connectivity index (χ0) is 20.4. The average Bonchev–Trinajstić information content (AvgIpc) is 2.72. The molecule has 0 aliphatic carbocycles. The van der Waals surface area contributed by atoms with Crippen LogP contribution in [0.4, 0.5) is 20.2 Å². The van der Waals surface area contributed by atoms with E-state index in [2.05, 4.69) is 10.3 Å². The van der Waals surface area contributed by atoms with Crippen LogP contribution in [0.3, 0.4) is 0 Å². The molecule has 0 radical (unpaired) electrons. The van der Waals surface area contributed by atoms with Crippen LogP contribution < -0.4 is 15.0 Å². The lowest BCUT2D eigenvalue weighted by molar-refractivity contribution is 0.388. The number of nitrogens with zero attached hydrogens (tertiary/aromatic N) is 3. The topological polar surface area (TPSA) is 40.6 Å². The Morgan fingerprint density at radius 2 is 1.72 bits per heavy atom. The number of halogens is 2. The molecular weight excluding hydrogens is 394 g/mol. The van der Waals surface area contributed by atoms with Gasteiger partial charge in [0.2, 0.25) is 5.88 Å². The van der Waals surface area contributed by atoms with E-state index in [9.17, 15) is 8.78 Å². The minimum absolute atomic E-state index is 0.472. The quantitative estimate of drug-likeness (QED) is 0.653. The molecule has 5 nitrogen and oxygen atoms in total. The predicted molar refractivity (Wildman–Crippen MR) is 115 cm³/mol. The fourth-order valence-electron chi connectivity index (χ4n) is 3.43. The van der Waals surface area contributed by atoms with Crippen LogP contribution in [0, 0.1) is 11.6 Å². The summed E-state index contributed by atoms with van der Waals surface area (Å²) in [6.07, 6.45) is 0. The standard InChI is InChI=1S/C21H20F2N4OS/c1-28-20-19(10-14-4-2-3-5-18(14)24-20)25-21(29)27-8-6-26(7-9-27)17-12-15(22)11-16(23)13-17/h2-5,10-13H,6-9H2,1H3,(H,25,29). The Balaban J connectivity index is 1.44. The number of benzene rings is 2. The molecular formula is C21H20F2N4OS. The first-order valence-electron chi connectivity index (χ1n) is 9.24. The van der Waals surface area contributed by atoms with Crippen LogP contribution >= 0.6 is 12.2 Å². The SMILES string of the molecule is COc1nc2ccccc2cc1NC(=S)N1CCN(c2cc(F)cc(F)c2)CC1. The van der Waals surface area contributed by atoms with Gasteiger partial charge in [0.15, 0.2) is 5.11 Å². The molecule has 0 bridgehead atoms. The van der Waals surface area contributed by atoms with Crippen LogP contribution in [0.2, 0.25) is 0 Å². The minimum atomic E-state index is -0.574. The van der Waals surface area contributed by atoms with E-state index in [1.807, 2.05) is 40.1 Å². The number of pyridine rings is 1. The van der Waals surface area contributed by atoms with Crippen molar-refractivity contribution in [2.75, 3.05) is 43.5 Å². The van der Waals surface area contributed by atoms with E-state index in [-0.39, 0.29) is 0 Å². The van der Waals surface area contributed by atoms with E-state index >= 15 is 0 Å². The Bertz CT molecular complexity index is 1030. The molecule has 0 spiro atoms. The second kappa shape index (κ2) is 8.16. The van der Waals surface area contributed by atoms with Crippen molar-refractivity contribution in [3.05, 3.63) is 60.2 Å². The molecule has 4 rings (SSSR count). The van der Waals surface area contributed by atoms with E-state index in [4.69, 9.17) is 17.0 Å². The molecule has 8 heteroatoms. The number of ether oxygens (including phenoxy) is 1. The molecule has 1 saturated heterocycles. The van der Waals surface area contributed by atoms with Crippen molar-refractivity contribution in [3.63, 3.8) is 0 Å². The Morgan fingerprint density at radius 3 is 2.41 bits per heavy atom. The van der Waals surface area contributed by atoms with Gasteiger partial charge in [-0.25, -0.2) is 13.8 Å². The van der Waals surface area contributed by atoms with Gasteiger partial charge in [0, 0.05) is 43.3 Å². The maximum atomic E-state index is 13.5. The van der Waals surface area contributed by atoms with Gasteiger partial charge in [-0.2, -0.15) is 0 Å². The molecule has 0 atom stereocenters. The molecule has 0 amide bonds. The summed E-state index contributed by atoms with van der Waals surface area (Å²) in [6.45, 7) is 2.48. The van der Waals surface area contributed by atoms with E-state index in [1.165, 1.54) is 12.1 Å². The van der Waals surface area contributed by atoms with Gasteiger partial charge in [-0.15, -0.1) is 0 Å². The maximum absolute atomic E-state index is 13.5. The fourth-order valence-corrected chi connectivity index (χ4v) is 3.72. The maximum Gasteiger partial charge on any atom is 0.238 e. The van der Waals surface area contributed by atoms with Gasteiger partial charge in [-0.05, 0) is 36.5 Å². The van der Waals surface area contributed by atoms with Gasteiger partial charge in [0.25, 0.3) is 0 Å². The highest BCUT2D eigenvalue weighted by Crippen LogP contribution is 2.27. The molecule has 0 saturated carbocycles. The number of thiocarbonyl (C=S) groups is 1. The van der Waals surface area contributed by atoms with Gasteiger partial charge in [-0.3, -0.25) is 0 Å². The summed E-state index contributed by atoms with van der Waals surface area (Å²) in [4.78, 5) is 8.49. The molecule has 1 fully saturated rings. The van der Waals surface area contributed by atoms with Crippen molar-refractivity contribution in [2.24, 2.45) is 0 Å². The van der Waals surface area contributed by atoms with Gasteiger partial charge < -0.3 is 19.9 Å². The number of hydrogen-bond donors (Lipinski definition) is 1. The third kappa shape index (κ3) is 4.22. The summed E-state index contributed by atoms with van der Waals surface area (Å²) < 4.78 is 32.4. The molecule has 150 valence electrons. The highest BCUT2D eigenvalue weighted by molar-refractivity contribution is 7.80. The summed E-state index contributed by atoms with van der Waals surface area (Å²) in [5.41, 5.74) is 2.09. The Kier molecular flexibility index (Phi) is 5.44. The van der Waals surface area contributed by atoms with Gasteiger partial charge in [0.05, 0.1) is 12.6 Å². The van der Waals surface area contributed by atoms with Crippen LogP contribution in [-0.4, -0.2) is 48.3 Å². The summed E-state index contributed by atoms with van der Waals surface area (Å²) >= 11 is 5.58. The normalized spacial score (nSPS) is 14.2. The van der Waals surface area contributed by atoms with Crippen LogP contribution in [0.1, 0.15) is 0 Å². The first kappa shape index (κ1) is 19.3. The highest BCUT2D eigenvalue weighted by atomic mass is 32.1. The number of methoxy groups -OCH3 is 1. The van der Waals surface area contributed by atoms with Crippen molar-refractivity contribution in [2.45, 2.75) is 0 Å². The molecule has 29 heavy (non-hydrogen) atoms. The summed E-state index contributed by atoms with van der Waals surface area (Å²) in [7, 11) is 1.57. The number of aromatic nitrogens is 1. The molecule has 1 aliphatic rings. The number of nitrogens with one attached hydrogen (secondary N) is 1. The van der Waals surface area contributed by atoms with Gasteiger partial charge in [-0.1, -0.05) is 18.2 Å². The Hall–Kier alpha value is -3.00. The van der Waals surface area contributed by atoms with E-state index in [0.29, 0.717) is 48.5 Å². The lowest BCUT2D eigenvalue weighted by Gasteiger charge is -2.37. The van der Waals surface area contributed by atoms with Crippen molar-refractivity contribution in [1.82, 2.24) is 9.88 Å². The zero-order valence-corrected chi connectivity index (χ0v) is 16.7. The predicted octanol–water partition coefficient (Wildman–Crippen LogP) is 4.04. The van der Waals surface area contributed by atoms with Crippen molar-refractivity contribution in [1.29, 1.82) is 0 Å². The second-order valence-electron chi connectivity index (χ2n) is 6.77. The molecule has 2 aromatic carbocycles. The largest absolute Gasteiger partial charge is 0.479 e. The average molecular weight is 414 g/mol. The number of para-hydroxylation sites is 1. The smallest absolute Gasteiger partial charge is 0.238 e. The minimum Gasteiger partial charge on any atom is -0.479 e. The van der Waals surface area contributed by atoms with Crippen LogP contribution in [0.25, 0.3) is 10.9 Å². The number of hydrogen-bond acceptors (Lipinski definition) is 4. The highest BCUT2D eigenvalue weighted by Gasteiger charge is 2.21. The molecule has 2 heterocycles. The molecule has 0 unspecified atom stereocenters.